The number of aliphatic hydroxyl groups is 1. The molecule has 1 aromatic carbocycles. The molecular weight excluding hydrogens is 324 g/mol. The van der Waals surface area contributed by atoms with Crippen LogP contribution in [0.25, 0.3) is 0 Å². The second-order valence-corrected chi connectivity index (χ2v) is 5.83. The highest BCUT2D eigenvalue weighted by molar-refractivity contribution is 9.10. The summed E-state index contributed by atoms with van der Waals surface area (Å²) in [7, 11) is 0. The maximum Gasteiger partial charge on any atom is 0.0993 e. The predicted molar refractivity (Wildman–Crippen MR) is 78.8 cm³/mol. The van der Waals surface area contributed by atoms with Crippen molar-refractivity contribution in [3.63, 3.8) is 0 Å². The van der Waals surface area contributed by atoms with Gasteiger partial charge in [-0.25, -0.2) is 4.98 Å². The van der Waals surface area contributed by atoms with E-state index in [0.29, 0.717) is 11.3 Å². The van der Waals surface area contributed by atoms with Gasteiger partial charge in [-0.1, -0.05) is 28.1 Å². The highest BCUT2D eigenvalue weighted by atomic mass is 79.9. The Morgan fingerprint density at radius 3 is 2.74 bits per heavy atom. The largest absolute Gasteiger partial charge is 0.388 e. The molecule has 0 saturated carbocycles. The molecule has 1 atom stereocenters. The summed E-state index contributed by atoms with van der Waals surface area (Å²) in [6.45, 7) is 0. The smallest absolute Gasteiger partial charge is 0.0993 e. The topological polar surface area (TPSA) is 56.9 Å². The van der Waals surface area contributed by atoms with E-state index in [0.717, 1.165) is 15.1 Å². The molecule has 0 spiro atoms. The number of halogens is 1. The Balaban J connectivity index is 1.98. The first-order chi connectivity index (χ1) is 9.19. The van der Waals surface area contributed by atoms with Gasteiger partial charge in [-0.3, -0.25) is 0 Å². The molecule has 0 aliphatic heterocycles. The number of hydrogen-bond donors (Lipinski definition) is 1. The van der Waals surface area contributed by atoms with Crippen molar-refractivity contribution in [2.24, 2.45) is 0 Å². The monoisotopic (exact) mass is 334 g/mol. The van der Waals surface area contributed by atoms with Crippen molar-refractivity contribution in [2.45, 2.75) is 11.1 Å². The first-order valence-corrected chi connectivity index (χ1v) is 7.39. The summed E-state index contributed by atoms with van der Waals surface area (Å²) in [5.74, 6) is 0.503. The number of hydrogen-bond acceptors (Lipinski definition) is 4. The summed E-state index contributed by atoms with van der Waals surface area (Å²) >= 11 is 4.79. The van der Waals surface area contributed by atoms with Crippen LogP contribution < -0.4 is 0 Å². The third-order valence-corrected chi connectivity index (χ3v) is 4.04. The number of aromatic nitrogens is 1. The van der Waals surface area contributed by atoms with Crippen LogP contribution in [0.4, 0.5) is 0 Å². The maximum absolute atomic E-state index is 10.1. The molecule has 0 amide bonds. The average Bonchev–Trinajstić information content (AvgIpc) is 2.46. The molecule has 1 unspecified atom stereocenters. The van der Waals surface area contributed by atoms with E-state index in [2.05, 4.69) is 27.0 Å². The van der Waals surface area contributed by atoms with Gasteiger partial charge >= 0.3 is 0 Å². The van der Waals surface area contributed by atoms with E-state index in [1.54, 1.807) is 18.3 Å². The van der Waals surface area contributed by atoms with Gasteiger partial charge in [0.2, 0.25) is 0 Å². The Kier molecular flexibility index (Phi) is 4.97. The molecule has 1 heterocycles. The van der Waals surface area contributed by atoms with Gasteiger partial charge in [-0.05, 0) is 29.8 Å². The van der Waals surface area contributed by atoms with E-state index in [1.807, 2.05) is 24.3 Å². The lowest BCUT2D eigenvalue weighted by Crippen LogP contribution is -2.00. The van der Waals surface area contributed by atoms with Crippen LogP contribution in [0.5, 0.6) is 0 Å². The Labute approximate surface area is 124 Å². The summed E-state index contributed by atoms with van der Waals surface area (Å²) in [5.41, 5.74) is 1.45. The van der Waals surface area contributed by atoms with Crippen LogP contribution in [0.2, 0.25) is 0 Å². The van der Waals surface area contributed by atoms with E-state index in [4.69, 9.17) is 5.26 Å². The first-order valence-electron chi connectivity index (χ1n) is 5.61. The van der Waals surface area contributed by atoms with Gasteiger partial charge in [0.05, 0.1) is 22.8 Å². The van der Waals surface area contributed by atoms with Crippen LogP contribution in [0, 0.1) is 11.3 Å². The highest BCUT2D eigenvalue weighted by Crippen LogP contribution is 2.24. The molecule has 3 nitrogen and oxygen atoms in total. The molecule has 1 aromatic heterocycles. The summed E-state index contributed by atoms with van der Waals surface area (Å²) in [4.78, 5) is 4.16. The van der Waals surface area contributed by atoms with E-state index < -0.39 is 6.10 Å². The Morgan fingerprint density at radius 2 is 2.05 bits per heavy atom. The number of nitrogens with zero attached hydrogens (tertiary/aromatic N) is 2. The van der Waals surface area contributed by atoms with Gasteiger partial charge in [-0.2, -0.15) is 5.26 Å². The van der Waals surface area contributed by atoms with Crippen molar-refractivity contribution in [2.75, 3.05) is 5.75 Å². The first kappa shape index (κ1) is 14.1. The van der Waals surface area contributed by atoms with Gasteiger partial charge in [-0.15, -0.1) is 11.8 Å². The third-order valence-electron chi connectivity index (χ3n) is 2.51. The van der Waals surface area contributed by atoms with Gasteiger partial charge in [0.1, 0.15) is 0 Å². The molecule has 0 fully saturated rings. The Bertz CT molecular complexity index is 595. The van der Waals surface area contributed by atoms with E-state index >= 15 is 0 Å². The standard InChI is InChI=1S/C14H11BrN2OS/c15-12-3-1-11(2-4-12)13(18)9-19-14-7-10(8-16)5-6-17-14/h1-7,13,18H,9H2. The van der Waals surface area contributed by atoms with Crippen LogP contribution in [0.3, 0.4) is 0 Å². The number of nitriles is 1. The van der Waals surface area contributed by atoms with Crippen LogP contribution in [-0.2, 0) is 0 Å². The molecule has 2 aromatic rings. The molecule has 0 aliphatic rings. The van der Waals surface area contributed by atoms with Gasteiger partial charge in [0, 0.05) is 16.4 Å². The molecule has 0 bridgehead atoms. The number of benzene rings is 1. The second-order valence-electron chi connectivity index (χ2n) is 3.87. The third kappa shape index (κ3) is 4.06. The van der Waals surface area contributed by atoms with E-state index in [-0.39, 0.29) is 0 Å². The van der Waals surface area contributed by atoms with E-state index in [1.165, 1.54) is 11.8 Å². The van der Waals surface area contributed by atoms with Crippen molar-refractivity contribution < 1.29 is 5.11 Å². The van der Waals surface area contributed by atoms with Crippen LogP contribution in [-0.4, -0.2) is 15.8 Å². The minimum absolute atomic E-state index is 0.503. The summed E-state index contributed by atoms with van der Waals surface area (Å²) in [6.07, 6.45) is 1.05. The number of pyridine rings is 1. The van der Waals surface area contributed by atoms with Gasteiger partial charge in [0.15, 0.2) is 0 Å². The minimum atomic E-state index is -0.550. The van der Waals surface area contributed by atoms with Crippen molar-refractivity contribution in [3.8, 4) is 6.07 Å². The van der Waals surface area contributed by atoms with Crippen LogP contribution in [0.1, 0.15) is 17.2 Å². The number of thioether (sulfide) groups is 1. The van der Waals surface area contributed by atoms with Crippen molar-refractivity contribution in [1.29, 1.82) is 5.26 Å². The summed E-state index contributed by atoms with van der Waals surface area (Å²) in [5, 5.41) is 19.6. The zero-order valence-electron chi connectivity index (χ0n) is 9.95. The average molecular weight is 335 g/mol. The number of aliphatic hydroxyl groups excluding tert-OH is 1. The molecular formula is C14H11BrN2OS. The van der Waals surface area contributed by atoms with Crippen molar-refractivity contribution in [3.05, 3.63) is 58.2 Å². The lowest BCUT2D eigenvalue weighted by Gasteiger charge is -2.10. The van der Waals surface area contributed by atoms with Crippen molar-refractivity contribution in [1.82, 2.24) is 4.98 Å². The molecule has 5 heteroatoms. The fourth-order valence-electron chi connectivity index (χ4n) is 1.50. The molecule has 0 aliphatic carbocycles. The number of rotatable bonds is 4. The zero-order valence-corrected chi connectivity index (χ0v) is 12.4. The lowest BCUT2D eigenvalue weighted by atomic mass is 10.1. The second kappa shape index (κ2) is 6.71. The SMILES string of the molecule is N#Cc1ccnc(SCC(O)c2ccc(Br)cc2)c1. The summed E-state index contributed by atoms with van der Waals surface area (Å²) in [6, 6.07) is 13.0. The predicted octanol–water partition coefficient (Wildman–Crippen LogP) is 3.54. The van der Waals surface area contributed by atoms with Crippen LogP contribution in [0.15, 0.2) is 52.1 Å². The van der Waals surface area contributed by atoms with E-state index in [9.17, 15) is 5.11 Å². The molecule has 0 saturated heterocycles. The quantitative estimate of drug-likeness (QED) is 0.869. The summed E-state index contributed by atoms with van der Waals surface area (Å²) < 4.78 is 0.986. The fourth-order valence-corrected chi connectivity index (χ4v) is 2.63. The Hall–Kier alpha value is -1.35. The zero-order chi connectivity index (χ0) is 13.7. The molecule has 19 heavy (non-hydrogen) atoms. The normalized spacial score (nSPS) is 11.8. The maximum atomic E-state index is 10.1. The van der Waals surface area contributed by atoms with Crippen molar-refractivity contribution >= 4 is 27.7 Å². The Morgan fingerprint density at radius 1 is 1.32 bits per heavy atom. The van der Waals surface area contributed by atoms with Crippen LogP contribution >= 0.6 is 27.7 Å². The van der Waals surface area contributed by atoms with Gasteiger partial charge in [0.25, 0.3) is 0 Å². The molecule has 0 radical (unpaired) electrons. The highest BCUT2D eigenvalue weighted by Gasteiger charge is 2.08. The fraction of sp³-hybridized carbons (Fsp3) is 0.143. The molecule has 96 valence electrons. The molecule has 2 rings (SSSR count). The molecule has 1 N–H and O–H groups in total. The van der Waals surface area contributed by atoms with Gasteiger partial charge < -0.3 is 5.11 Å². The minimum Gasteiger partial charge on any atom is -0.388 e. The lowest BCUT2D eigenvalue weighted by molar-refractivity contribution is 0.204.